The first-order valence-electron chi connectivity index (χ1n) is 9.60. The summed E-state index contributed by atoms with van der Waals surface area (Å²) in [4.78, 5) is 17.1. The fraction of sp³-hybridized carbons (Fsp3) is 0.238. The normalized spacial score (nSPS) is 11.5. The fourth-order valence-corrected chi connectivity index (χ4v) is 6.32. The van der Waals surface area contributed by atoms with Crippen LogP contribution in [0.3, 0.4) is 0 Å². The molecule has 0 saturated heterocycles. The zero-order valence-electron chi connectivity index (χ0n) is 17.6. The maximum absolute atomic E-state index is 12.3. The topological polar surface area (TPSA) is 85.8 Å². The van der Waals surface area contributed by atoms with Gasteiger partial charge in [0.25, 0.3) is 0 Å². The lowest BCUT2D eigenvalue weighted by molar-refractivity contribution is 0.0688. The number of hydrogen-bond donors (Lipinski definition) is 1. The van der Waals surface area contributed by atoms with Crippen molar-refractivity contribution in [3.63, 3.8) is 0 Å². The number of carboxylic acid groups (broad SMARTS) is 1. The molecule has 0 aliphatic heterocycles. The molecule has 0 atom stereocenters. The number of aryl methyl sites for hydroxylation is 2. The number of carboxylic acids is 1. The first-order chi connectivity index (χ1) is 15.1. The van der Waals surface area contributed by atoms with E-state index in [9.17, 15) is 9.90 Å². The van der Waals surface area contributed by atoms with Gasteiger partial charge >= 0.3 is 5.97 Å². The minimum absolute atomic E-state index is 0.00779. The molecule has 0 aliphatic rings. The van der Waals surface area contributed by atoms with Crippen molar-refractivity contribution in [1.82, 2.24) is 24.5 Å². The summed E-state index contributed by atoms with van der Waals surface area (Å²) in [5.41, 5.74) is 3.21. The molecule has 0 bridgehead atoms. The number of aromatic nitrogens is 5. The highest BCUT2D eigenvalue weighted by atomic mass is 35.5. The van der Waals surface area contributed by atoms with Crippen molar-refractivity contribution < 1.29 is 9.90 Å². The Hall–Kier alpha value is -2.33. The molecule has 1 aromatic carbocycles. The van der Waals surface area contributed by atoms with Gasteiger partial charge in [-0.1, -0.05) is 48.4 Å². The smallest absolute Gasteiger partial charge is 0.355 e. The number of nitrogens with zero attached hydrogens (tertiary/aromatic N) is 5. The maximum atomic E-state index is 12.3. The quantitative estimate of drug-likeness (QED) is 0.312. The van der Waals surface area contributed by atoms with E-state index in [1.807, 2.05) is 13.2 Å². The Kier molecular flexibility index (Phi) is 6.35. The molecule has 3 aromatic heterocycles. The third kappa shape index (κ3) is 4.43. The minimum Gasteiger partial charge on any atom is -0.476 e. The van der Waals surface area contributed by atoms with Crippen LogP contribution < -0.4 is 0 Å². The van der Waals surface area contributed by atoms with Crippen LogP contribution in [0.5, 0.6) is 0 Å². The number of rotatable bonds is 6. The van der Waals surface area contributed by atoms with Crippen molar-refractivity contribution in [2.45, 2.75) is 30.2 Å². The zero-order valence-corrected chi connectivity index (χ0v) is 20.8. The lowest BCUT2D eigenvalue weighted by atomic mass is 10.0. The highest BCUT2D eigenvalue weighted by Crippen LogP contribution is 2.41. The number of benzene rings is 1. The van der Waals surface area contributed by atoms with Gasteiger partial charge in [0.1, 0.15) is 5.69 Å². The van der Waals surface area contributed by atoms with Crippen LogP contribution >= 0.6 is 46.3 Å². The molecule has 32 heavy (non-hydrogen) atoms. The van der Waals surface area contributed by atoms with Crippen LogP contribution in [0.15, 0.2) is 34.8 Å². The first kappa shape index (κ1) is 22.8. The Labute approximate surface area is 203 Å². The van der Waals surface area contributed by atoms with E-state index >= 15 is 0 Å². The highest BCUT2D eigenvalue weighted by Gasteiger charge is 2.27. The summed E-state index contributed by atoms with van der Waals surface area (Å²) in [6, 6.07) is 4.96. The van der Waals surface area contributed by atoms with Gasteiger partial charge < -0.3 is 5.11 Å². The number of hydrogen-bond acceptors (Lipinski definition) is 6. The van der Waals surface area contributed by atoms with Gasteiger partial charge in [0.2, 0.25) is 5.13 Å². The second kappa shape index (κ2) is 8.90. The third-order valence-electron chi connectivity index (χ3n) is 4.50. The van der Waals surface area contributed by atoms with Crippen LogP contribution in [-0.4, -0.2) is 40.9 Å². The summed E-state index contributed by atoms with van der Waals surface area (Å²) in [7, 11) is 1.84. The number of thioether (sulfide) groups is 1. The van der Waals surface area contributed by atoms with E-state index in [1.165, 1.54) is 16.0 Å². The van der Waals surface area contributed by atoms with Crippen LogP contribution in [0.1, 0.15) is 30.0 Å². The van der Waals surface area contributed by atoms with E-state index in [0.717, 1.165) is 15.5 Å². The van der Waals surface area contributed by atoms with Gasteiger partial charge in [-0.2, -0.15) is 14.9 Å². The van der Waals surface area contributed by atoms with Gasteiger partial charge in [0, 0.05) is 39.7 Å². The Balaban J connectivity index is 1.92. The summed E-state index contributed by atoms with van der Waals surface area (Å²) < 4.78 is 4.07. The van der Waals surface area contributed by atoms with Crippen molar-refractivity contribution in [2.75, 3.05) is 0 Å². The summed E-state index contributed by atoms with van der Waals surface area (Å²) >= 11 is 15.4. The molecule has 0 spiro atoms. The molecule has 0 aliphatic carbocycles. The average Bonchev–Trinajstić information content (AvgIpc) is 3.37. The molecule has 3 heterocycles. The van der Waals surface area contributed by atoms with Crippen molar-refractivity contribution in [3.8, 4) is 27.5 Å². The van der Waals surface area contributed by atoms with Crippen LogP contribution in [0.25, 0.3) is 27.5 Å². The highest BCUT2D eigenvalue weighted by molar-refractivity contribution is 8.01. The van der Waals surface area contributed by atoms with Gasteiger partial charge in [0.05, 0.1) is 16.1 Å². The van der Waals surface area contributed by atoms with E-state index in [-0.39, 0.29) is 5.69 Å². The van der Waals surface area contributed by atoms with E-state index < -0.39 is 5.97 Å². The van der Waals surface area contributed by atoms with Crippen molar-refractivity contribution >= 4 is 52.3 Å². The molecule has 0 radical (unpaired) electrons. The van der Waals surface area contributed by atoms with Crippen LogP contribution in [-0.2, 0) is 7.05 Å². The molecule has 11 heteroatoms. The summed E-state index contributed by atoms with van der Waals surface area (Å²) in [5.74, 6) is -1.12. The summed E-state index contributed by atoms with van der Waals surface area (Å²) in [5, 5.41) is 20.5. The SMILES string of the molecule is Cc1nn(-c2nc(-c3cnn(C)c3)c(SC(C)C)s2)c(C(=O)O)c1-c1cc(Cl)cc(Cl)c1. The monoisotopic (exact) mass is 507 g/mol. The Bertz CT molecular complexity index is 1310. The van der Waals surface area contributed by atoms with E-state index in [2.05, 4.69) is 24.0 Å². The predicted molar refractivity (Wildman–Crippen MR) is 130 cm³/mol. The predicted octanol–water partition coefficient (Wildman–Crippen LogP) is 6.21. The minimum atomic E-state index is -1.12. The van der Waals surface area contributed by atoms with E-state index in [1.54, 1.807) is 47.8 Å². The van der Waals surface area contributed by atoms with Crippen LogP contribution in [0.2, 0.25) is 10.0 Å². The molecule has 4 rings (SSSR count). The number of aromatic carboxylic acids is 1. The van der Waals surface area contributed by atoms with E-state index in [4.69, 9.17) is 28.2 Å². The van der Waals surface area contributed by atoms with E-state index in [0.29, 0.717) is 37.2 Å². The zero-order chi connectivity index (χ0) is 23.2. The van der Waals surface area contributed by atoms with Gasteiger partial charge in [-0.05, 0) is 30.7 Å². The molecule has 0 unspecified atom stereocenters. The van der Waals surface area contributed by atoms with Gasteiger partial charge in [-0.15, -0.1) is 11.8 Å². The summed E-state index contributed by atoms with van der Waals surface area (Å²) in [6.07, 6.45) is 3.63. The van der Waals surface area contributed by atoms with Gasteiger partial charge in [-0.25, -0.2) is 9.78 Å². The summed E-state index contributed by atoms with van der Waals surface area (Å²) in [6.45, 7) is 5.95. The standard InChI is InChI=1S/C21H19Cl2N5O2S2/c1-10(2)31-20-17(13-8-24-27(4)9-13)25-21(32-20)28-18(19(29)30)16(11(3)26-28)12-5-14(22)7-15(23)6-12/h5-10H,1-4H3,(H,29,30). The number of carbonyl (C=O) groups is 1. The Morgan fingerprint density at radius 2 is 1.88 bits per heavy atom. The number of thiazole rings is 1. The molecule has 0 saturated carbocycles. The third-order valence-corrected chi connectivity index (χ3v) is 7.18. The Morgan fingerprint density at radius 1 is 1.19 bits per heavy atom. The molecule has 166 valence electrons. The molecular weight excluding hydrogens is 489 g/mol. The molecule has 7 nitrogen and oxygen atoms in total. The van der Waals surface area contributed by atoms with Crippen molar-refractivity contribution in [3.05, 3.63) is 52.0 Å². The Morgan fingerprint density at radius 3 is 2.44 bits per heavy atom. The van der Waals surface area contributed by atoms with Crippen molar-refractivity contribution in [2.24, 2.45) is 7.05 Å². The van der Waals surface area contributed by atoms with Crippen molar-refractivity contribution in [1.29, 1.82) is 0 Å². The second-order valence-electron chi connectivity index (χ2n) is 7.39. The average molecular weight is 508 g/mol. The number of halogens is 2. The lowest BCUT2D eigenvalue weighted by Gasteiger charge is -2.05. The molecule has 0 amide bonds. The molecular formula is C21H19Cl2N5O2S2. The molecule has 0 fully saturated rings. The van der Waals surface area contributed by atoms with Gasteiger partial charge in [0.15, 0.2) is 5.69 Å². The van der Waals surface area contributed by atoms with Gasteiger partial charge in [-0.3, -0.25) is 4.68 Å². The van der Waals surface area contributed by atoms with Crippen LogP contribution in [0.4, 0.5) is 0 Å². The lowest BCUT2D eigenvalue weighted by Crippen LogP contribution is -2.09. The maximum Gasteiger partial charge on any atom is 0.355 e. The fourth-order valence-electron chi connectivity index (χ4n) is 3.31. The molecule has 1 N–H and O–H groups in total. The van der Waals surface area contributed by atoms with Crippen LogP contribution in [0, 0.1) is 6.92 Å². The second-order valence-corrected chi connectivity index (χ2v) is 11.1. The largest absolute Gasteiger partial charge is 0.476 e. The first-order valence-corrected chi connectivity index (χ1v) is 12.1. The molecule has 4 aromatic rings.